The molecule has 0 fully saturated rings. The minimum atomic E-state index is 0.667. The number of hydrogen-bond donors (Lipinski definition) is 1. The summed E-state index contributed by atoms with van der Waals surface area (Å²) in [5.41, 5.74) is 0.667. The highest BCUT2D eigenvalue weighted by atomic mass is 14.3. The summed E-state index contributed by atoms with van der Waals surface area (Å²) in [6.07, 6.45) is 6.88. The van der Waals surface area contributed by atoms with Crippen molar-refractivity contribution < 1.29 is 0 Å². The summed E-state index contributed by atoms with van der Waals surface area (Å²) >= 11 is 0. The highest BCUT2D eigenvalue weighted by Crippen LogP contribution is 1.58. The first-order valence-corrected chi connectivity index (χ1v) is 4.01. The van der Waals surface area contributed by atoms with E-state index in [1.54, 1.807) is 13.8 Å². The van der Waals surface area contributed by atoms with E-state index in [2.05, 4.69) is 19.8 Å². The van der Waals surface area contributed by atoms with Gasteiger partial charge in [-0.1, -0.05) is 27.2 Å². The van der Waals surface area contributed by atoms with Gasteiger partial charge in [0.25, 0.3) is 0 Å². The van der Waals surface area contributed by atoms with Crippen molar-refractivity contribution in [1.82, 2.24) is 0 Å². The topological polar surface area (TPSA) is 23.9 Å². The Hall–Kier alpha value is -0.770. The number of hydrogen-bond acceptors (Lipinski definition) is 1. The maximum atomic E-state index is 6.50. The van der Waals surface area contributed by atoms with Crippen LogP contribution in [0, 0.1) is 17.8 Å². The summed E-state index contributed by atoms with van der Waals surface area (Å²) < 4.78 is 0. The molecule has 11 heavy (non-hydrogen) atoms. The van der Waals surface area contributed by atoms with Gasteiger partial charge in [-0.3, -0.25) is 0 Å². The Morgan fingerprint density at radius 3 is 1.36 bits per heavy atom. The van der Waals surface area contributed by atoms with Crippen molar-refractivity contribution >= 4 is 5.71 Å². The van der Waals surface area contributed by atoms with Crippen molar-refractivity contribution in [3.8, 4) is 12.3 Å². The second kappa shape index (κ2) is 22.9. The van der Waals surface area contributed by atoms with Crippen LogP contribution in [0.25, 0.3) is 0 Å². The first-order valence-electron chi connectivity index (χ1n) is 4.01. The average molecular weight is 155 g/mol. The fourth-order valence-corrected chi connectivity index (χ4v) is 0. The largest absolute Gasteiger partial charge is 0.310 e. The second-order valence-electron chi connectivity index (χ2n) is 2.26. The molecule has 0 aromatic heterocycles. The van der Waals surface area contributed by atoms with E-state index in [0.29, 0.717) is 5.71 Å². The van der Waals surface area contributed by atoms with Gasteiger partial charge in [0, 0.05) is 12.1 Å². The van der Waals surface area contributed by atoms with Crippen molar-refractivity contribution in [1.29, 1.82) is 5.41 Å². The van der Waals surface area contributed by atoms with E-state index in [4.69, 9.17) is 11.8 Å². The molecule has 1 heteroatoms. The van der Waals surface area contributed by atoms with Crippen LogP contribution < -0.4 is 0 Å². The third kappa shape index (κ3) is 9120. The monoisotopic (exact) mass is 155 g/mol. The van der Waals surface area contributed by atoms with Crippen LogP contribution in [-0.4, -0.2) is 5.71 Å². The molecule has 0 bridgehead atoms. The molecule has 0 saturated carbocycles. The van der Waals surface area contributed by atoms with Gasteiger partial charge in [-0.2, -0.15) is 0 Å². The van der Waals surface area contributed by atoms with E-state index in [0.717, 1.165) is 6.42 Å². The lowest BCUT2D eigenvalue weighted by Gasteiger charge is -1.63. The van der Waals surface area contributed by atoms with Gasteiger partial charge in [0.1, 0.15) is 0 Å². The number of terminal acetylenes is 1. The zero-order chi connectivity index (χ0) is 9.70. The lowest BCUT2D eigenvalue weighted by Crippen LogP contribution is -1.67. The van der Waals surface area contributed by atoms with Crippen molar-refractivity contribution in [2.45, 2.75) is 47.5 Å². The molecular formula is C10H21N. The molecule has 0 aromatic rings. The molecule has 0 saturated heterocycles. The lowest BCUT2D eigenvalue weighted by molar-refractivity contribution is 1.09. The van der Waals surface area contributed by atoms with Crippen LogP contribution in [-0.2, 0) is 0 Å². The van der Waals surface area contributed by atoms with Crippen LogP contribution in [0.5, 0.6) is 0 Å². The zero-order valence-corrected chi connectivity index (χ0v) is 8.49. The Morgan fingerprint density at radius 2 is 1.36 bits per heavy atom. The number of nitrogens with one attached hydrogen (secondary N) is 1. The standard InChI is InChI=1S/C4H6.C3H7N.C3H8/c1-3-4-2;1-3(2)4;1-3-2/h1H,4H2,2H3;4H,1-2H3;3H2,1-2H3. The van der Waals surface area contributed by atoms with Gasteiger partial charge in [-0.25, -0.2) is 0 Å². The maximum Gasteiger partial charge on any atom is 0.00576 e. The van der Waals surface area contributed by atoms with Crippen molar-refractivity contribution in [2.24, 2.45) is 0 Å². The van der Waals surface area contributed by atoms with Crippen LogP contribution >= 0.6 is 0 Å². The van der Waals surface area contributed by atoms with Gasteiger partial charge in [-0.15, -0.1) is 12.3 Å². The summed E-state index contributed by atoms with van der Waals surface area (Å²) in [7, 11) is 0. The van der Waals surface area contributed by atoms with Gasteiger partial charge < -0.3 is 5.41 Å². The van der Waals surface area contributed by atoms with E-state index in [1.807, 2.05) is 6.92 Å². The Balaban J connectivity index is -0.0000000886. The molecule has 1 nitrogen and oxygen atoms in total. The molecule has 0 radical (unpaired) electrons. The van der Waals surface area contributed by atoms with Gasteiger partial charge in [0.15, 0.2) is 0 Å². The molecule has 0 aliphatic carbocycles. The molecule has 1 N–H and O–H groups in total. The normalized spacial score (nSPS) is 5.82. The first-order chi connectivity index (χ1) is 5.06. The fraction of sp³-hybridized carbons (Fsp3) is 0.700. The van der Waals surface area contributed by atoms with Crippen LogP contribution in [0.15, 0.2) is 0 Å². The molecule has 0 unspecified atom stereocenters. The summed E-state index contributed by atoms with van der Waals surface area (Å²) in [6, 6.07) is 0. The zero-order valence-electron chi connectivity index (χ0n) is 8.49. The molecule has 0 aromatic carbocycles. The lowest BCUT2D eigenvalue weighted by atomic mass is 10.5. The van der Waals surface area contributed by atoms with Crippen molar-refractivity contribution in [3.05, 3.63) is 0 Å². The third-order valence-electron chi connectivity index (χ3n) is 0.204. The summed E-state index contributed by atoms with van der Waals surface area (Å²) in [5, 5.41) is 6.50. The summed E-state index contributed by atoms with van der Waals surface area (Å²) in [5.74, 6) is 2.43. The van der Waals surface area contributed by atoms with E-state index < -0.39 is 0 Å². The Morgan fingerprint density at radius 1 is 1.27 bits per heavy atom. The minimum Gasteiger partial charge on any atom is -0.310 e. The molecule has 0 aliphatic heterocycles. The molecule has 66 valence electrons. The Bertz CT molecular complexity index is 93.9. The van der Waals surface area contributed by atoms with Crippen molar-refractivity contribution in [3.63, 3.8) is 0 Å². The average Bonchev–Trinajstić information content (AvgIpc) is 1.88. The predicted molar refractivity (Wildman–Crippen MR) is 54.2 cm³/mol. The van der Waals surface area contributed by atoms with E-state index >= 15 is 0 Å². The van der Waals surface area contributed by atoms with E-state index in [9.17, 15) is 0 Å². The van der Waals surface area contributed by atoms with Gasteiger partial charge in [0.05, 0.1) is 0 Å². The van der Waals surface area contributed by atoms with E-state index in [-0.39, 0.29) is 0 Å². The summed E-state index contributed by atoms with van der Waals surface area (Å²) in [4.78, 5) is 0. The maximum absolute atomic E-state index is 6.50. The highest BCUT2D eigenvalue weighted by molar-refractivity contribution is 5.75. The van der Waals surface area contributed by atoms with Gasteiger partial charge >= 0.3 is 0 Å². The fourth-order valence-electron chi connectivity index (χ4n) is 0. The van der Waals surface area contributed by atoms with Crippen LogP contribution in [0.4, 0.5) is 0 Å². The molecule has 0 rings (SSSR count). The van der Waals surface area contributed by atoms with E-state index in [1.165, 1.54) is 6.42 Å². The predicted octanol–water partition coefficient (Wildman–Crippen LogP) is 3.49. The third-order valence-corrected chi connectivity index (χ3v) is 0.204. The molecule has 0 atom stereocenters. The minimum absolute atomic E-state index is 0.667. The van der Waals surface area contributed by atoms with Crippen LogP contribution in [0.2, 0.25) is 0 Å². The summed E-state index contributed by atoms with van der Waals surface area (Å²) in [6.45, 7) is 9.69. The SMILES string of the molecule is C#CCC.CC(C)=N.CCC. The highest BCUT2D eigenvalue weighted by Gasteiger charge is 1.55. The molecule has 0 spiro atoms. The molecule has 0 aliphatic rings. The first kappa shape index (κ1) is 16.7. The van der Waals surface area contributed by atoms with Crippen LogP contribution in [0.3, 0.4) is 0 Å². The molecular weight excluding hydrogens is 134 g/mol. The second-order valence-corrected chi connectivity index (χ2v) is 2.26. The number of rotatable bonds is 0. The quantitative estimate of drug-likeness (QED) is 0.409. The Labute approximate surface area is 71.7 Å². The van der Waals surface area contributed by atoms with Crippen molar-refractivity contribution in [2.75, 3.05) is 0 Å². The van der Waals surface area contributed by atoms with Crippen LogP contribution in [0.1, 0.15) is 47.5 Å². The molecule has 0 amide bonds. The van der Waals surface area contributed by atoms with Gasteiger partial charge in [0.2, 0.25) is 0 Å². The van der Waals surface area contributed by atoms with Gasteiger partial charge in [-0.05, 0) is 13.8 Å². The smallest absolute Gasteiger partial charge is 0.00576 e. The molecule has 0 heterocycles. The Kier molecular flexibility index (Phi) is 34.6.